The lowest BCUT2D eigenvalue weighted by molar-refractivity contribution is 0.0888. The van der Waals surface area contributed by atoms with Crippen molar-refractivity contribution in [1.29, 1.82) is 0 Å². The second-order valence-electron chi connectivity index (χ2n) is 9.02. The fourth-order valence-electron chi connectivity index (χ4n) is 3.89. The molecule has 173 valence electrons. The van der Waals surface area contributed by atoms with Crippen LogP contribution in [-0.4, -0.2) is 55.4 Å². The summed E-state index contributed by atoms with van der Waals surface area (Å²) in [4.78, 5) is 13.7. The number of carbonyl (C=O) groups excluding carboxylic acids is 1. The highest BCUT2D eigenvalue weighted by Crippen LogP contribution is 2.38. The van der Waals surface area contributed by atoms with Crippen molar-refractivity contribution in [3.63, 3.8) is 0 Å². The Morgan fingerprint density at radius 2 is 1.94 bits per heavy atom. The van der Waals surface area contributed by atoms with Crippen LogP contribution in [0.4, 0.5) is 5.69 Å². The average Bonchev–Trinajstić information content (AvgIpc) is 3.33. The molecule has 13 heteroatoms. The van der Waals surface area contributed by atoms with Crippen LogP contribution in [0.15, 0.2) is 37.5 Å². The molecule has 4 rings (SSSR count). The summed E-state index contributed by atoms with van der Waals surface area (Å²) in [6.45, 7) is 7.57. The summed E-state index contributed by atoms with van der Waals surface area (Å²) in [6, 6.07) is 6.10. The van der Waals surface area contributed by atoms with Gasteiger partial charge in [-0.05, 0) is 43.0 Å². The van der Waals surface area contributed by atoms with Crippen molar-refractivity contribution in [1.82, 2.24) is 9.82 Å². The van der Waals surface area contributed by atoms with Gasteiger partial charge in [-0.1, -0.05) is 26.8 Å². The summed E-state index contributed by atoms with van der Waals surface area (Å²) < 4.78 is 37.7. The molecule has 0 unspecified atom stereocenters. The van der Waals surface area contributed by atoms with E-state index in [1.165, 1.54) is 15.9 Å². The molecular weight excluding hydrogens is 447 g/mol. The number of furan rings is 1. The van der Waals surface area contributed by atoms with E-state index in [2.05, 4.69) is 14.1 Å². The number of nitrogens with one attached hydrogen (secondary N) is 1. The highest BCUT2D eigenvalue weighted by Gasteiger charge is 2.40. The molecule has 0 fully saturated rings. The van der Waals surface area contributed by atoms with Gasteiger partial charge in [0.15, 0.2) is 11.6 Å². The number of benzene rings is 1. The second kappa shape index (κ2) is 7.63. The van der Waals surface area contributed by atoms with Crippen LogP contribution in [0.5, 0.6) is 5.75 Å². The Morgan fingerprint density at radius 1 is 1.24 bits per heavy atom. The number of nitrogens with zero attached hydrogens (tertiary/aromatic N) is 4. The van der Waals surface area contributed by atoms with Crippen molar-refractivity contribution in [3.8, 4) is 5.75 Å². The van der Waals surface area contributed by atoms with E-state index in [4.69, 9.17) is 10.3 Å². The summed E-state index contributed by atoms with van der Waals surface area (Å²) in [5.41, 5.74) is 0.248. The number of hydrazine groups is 1. The molecule has 2 aliphatic heterocycles. The largest absolute Gasteiger partial charge is 0.505 e. The van der Waals surface area contributed by atoms with Gasteiger partial charge in [0.1, 0.15) is 17.6 Å². The lowest BCUT2D eigenvalue weighted by Crippen LogP contribution is -2.49. The van der Waals surface area contributed by atoms with Gasteiger partial charge < -0.3 is 19.7 Å². The Morgan fingerprint density at radius 3 is 2.55 bits per heavy atom. The molecule has 1 radical (unpaired) electrons. The van der Waals surface area contributed by atoms with Crippen LogP contribution in [0.3, 0.4) is 0 Å². The van der Waals surface area contributed by atoms with Gasteiger partial charge in [0.25, 0.3) is 7.41 Å². The smallest absolute Gasteiger partial charge is 0.367 e. The molecule has 33 heavy (non-hydrogen) atoms. The lowest BCUT2D eigenvalue weighted by atomic mass is 9.83. The zero-order chi connectivity index (χ0) is 24.3. The van der Waals surface area contributed by atoms with E-state index in [0.29, 0.717) is 17.0 Å². The topological polar surface area (TPSA) is 154 Å². The number of amidine groups is 2. The van der Waals surface area contributed by atoms with Crippen LogP contribution in [0, 0.1) is 12.3 Å². The standard InChI is InChI=1S/C20H24BN6O5S/c1-10-6-9-13(32-10)16(20(2,3)4)27(22)18-17(24-33(30,31)25-18)23-12-8-7-11-14(15(12)28)19(29)26(5)21-11/h6-9,16,28H,22H2,1-5H3,(H,23,24)/t16-/m0/s1. The monoisotopic (exact) mass is 471 g/mol. The summed E-state index contributed by atoms with van der Waals surface area (Å²) in [5, 5.41) is 14.7. The number of carbonyl (C=O) groups is 1. The maximum absolute atomic E-state index is 12.4. The van der Waals surface area contributed by atoms with E-state index in [-0.39, 0.29) is 34.6 Å². The van der Waals surface area contributed by atoms with E-state index >= 15 is 0 Å². The van der Waals surface area contributed by atoms with Crippen molar-refractivity contribution < 1.29 is 22.7 Å². The lowest BCUT2D eigenvalue weighted by Gasteiger charge is -2.36. The fraction of sp³-hybridized carbons (Fsp3) is 0.350. The van der Waals surface area contributed by atoms with Gasteiger partial charge in [-0.2, -0.15) is 8.42 Å². The number of hydrogen-bond acceptors (Lipinski definition) is 8. The molecule has 2 aromatic rings. The summed E-state index contributed by atoms with van der Waals surface area (Å²) >= 11 is 0. The minimum atomic E-state index is -4.21. The molecule has 1 aromatic heterocycles. The molecule has 0 spiro atoms. The zero-order valence-electron chi connectivity index (χ0n) is 18.8. The number of aromatic hydroxyl groups is 1. The third-order valence-electron chi connectivity index (χ3n) is 5.32. The first kappa shape index (κ1) is 22.9. The SMILES string of the molecule is Cc1ccc([C@H](N(N)C2=NS(=O)(=O)N=C2Nc2ccc3c(c2O)C(=O)N(C)[B]3)C(C)(C)C)o1. The maximum atomic E-state index is 12.4. The van der Waals surface area contributed by atoms with Crippen LogP contribution >= 0.6 is 0 Å². The van der Waals surface area contributed by atoms with Crippen molar-refractivity contribution in [2.45, 2.75) is 33.7 Å². The minimum absolute atomic E-state index is 0.0869. The number of phenolic OH excluding ortho intramolecular Hbond substituents is 1. The Kier molecular flexibility index (Phi) is 5.29. The van der Waals surface area contributed by atoms with Gasteiger partial charge in [0, 0.05) is 0 Å². The number of rotatable bonds is 3. The number of nitrogens with two attached hydrogens (primary N) is 1. The number of aryl methyl sites for hydroxylation is 1. The zero-order valence-corrected chi connectivity index (χ0v) is 19.6. The first-order chi connectivity index (χ1) is 15.3. The van der Waals surface area contributed by atoms with Gasteiger partial charge in [-0.3, -0.25) is 9.80 Å². The molecule has 0 aliphatic carbocycles. The van der Waals surface area contributed by atoms with Gasteiger partial charge >= 0.3 is 10.2 Å². The van der Waals surface area contributed by atoms with Crippen LogP contribution in [-0.2, 0) is 10.2 Å². The van der Waals surface area contributed by atoms with E-state index < -0.39 is 21.7 Å². The van der Waals surface area contributed by atoms with Gasteiger partial charge in [-0.25, -0.2) is 5.84 Å². The summed E-state index contributed by atoms with van der Waals surface area (Å²) in [7, 11) is -1.05. The molecule has 1 aromatic carbocycles. The van der Waals surface area contributed by atoms with Crippen molar-refractivity contribution in [3.05, 3.63) is 41.3 Å². The Balaban J connectivity index is 1.72. The van der Waals surface area contributed by atoms with Gasteiger partial charge in [0.05, 0.1) is 11.3 Å². The molecule has 1 atom stereocenters. The van der Waals surface area contributed by atoms with Crippen LogP contribution in [0.2, 0.25) is 0 Å². The number of anilines is 1. The van der Waals surface area contributed by atoms with Crippen LogP contribution in [0.1, 0.15) is 48.7 Å². The Hall–Kier alpha value is -3.32. The molecule has 11 nitrogen and oxygen atoms in total. The van der Waals surface area contributed by atoms with E-state index in [0.717, 1.165) is 0 Å². The Bertz CT molecular complexity index is 1310. The third kappa shape index (κ3) is 4.09. The average molecular weight is 471 g/mol. The predicted molar refractivity (Wildman–Crippen MR) is 125 cm³/mol. The molecule has 4 N–H and O–H groups in total. The van der Waals surface area contributed by atoms with Gasteiger partial charge in [0.2, 0.25) is 11.7 Å². The van der Waals surface area contributed by atoms with Crippen LogP contribution < -0.4 is 16.6 Å². The molecule has 3 heterocycles. The normalized spacial score (nSPS) is 17.9. The summed E-state index contributed by atoms with van der Waals surface area (Å²) in [6.07, 6.45) is 0. The number of fused-ring (bicyclic) bond motifs is 1. The van der Waals surface area contributed by atoms with E-state index in [1.54, 1.807) is 39.6 Å². The van der Waals surface area contributed by atoms with Crippen molar-refractivity contribution in [2.24, 2.45) is 20.1 Å². The molecule has 0 saturated heterocycles. The summed E-state index contributed by atoms with van der Waals surface area (Å²) in [5.74, 6) is 6.56. The fourth-order valence-corrected chi connectivity index (χ4v) is 4.69. The van der Waals surface area contributed by atoms with Crippen molar-refractivity contribution >= 4 is 46.4 Å². The number of amides is 1. The highest BCUT2D eigenvalue weighted by molar-refractivity contribution is 7.89. The molecule has 2 aliphatic rings. The minimum Gasteiger partial charge on any atom is -0.505 e. The van der Waals surface area contributed by atoms with Gasteiger partial charge in [-0.15, -0.1) is 8.80 Å². The third-order valence-corrected chi connectivity index (χ3v) is 6.14. The quantitative estimate of drug-likeness (QED) is 0.260. The first-order valence-corrected chi connectivity index (χ1v) is 11.5. The molecule has 1 amide bonds. The number of phenols is 1. The first-order valence-electron chi connectivity index (χ1n) is 10.1. The van der Waals surface area contributed by atoms with E-state index in [1.807, 2.05) is 20.8 Å². The van der Waals surface area contributed by atoms with E-state index in [9.17, 15) is 18.3 Å². The predicted octanol–water partition coefficient (Wildman–Crippen LogP) is 1.05. The molecular formula is C20H24BN6O5S. The number of hydrogen-bond donors (Lipinski definition) is 3. The molecule has 0 bridgehead atoms. The maximum Gasteiger partial charge on any atom is 0.367 e. The van der Waals surface area contributed by atoms with Crippen molar-refractivity contribution in [2.75, 3.05) is 12.4 Å². The highest BCUT2D eigenvalue weighted by atomic mass is 32.2. The molecule has 0 saturated carbocycles. The second-order valence-corrected chi connectivity index (χ2v) is 10.3. The van der Waals surface area contributed by atoms with Crippen LogP contribution in [0.25, 0.3) is 0 Å². The Labute approximate surface area is 192 Å².